The zero-order chi connectivity index (χ0) is 15.2. The SMILES string of the molecule is CC(C)C(=O)NC1CC(c2ccccc2)CN(CC#N)C1. The molecule has 21 heavy (non-hydrogen) atoms. The van der Waals surface area contributed by atoms with E-state index in [1.807, 2.05) is 32.0 Å². The first-order chi connectivity index (χ1) is 10.1. The van der Waals surface area contributed by atoms with Gasteiger partial charge in [-0.25, -0.2) is 0 Å². The summed E-state index contributed by atoms with van der Waals surface area (Å²) in [4.78, 5) is 14.1. The number of hydrogen-bond donors (Lipinski definition) is 1. The Morgan fingerprint density at radius 1 is 1.38 bits per heavy atom. The third kappa shape index (κ3) is 4.30. The second-order valence-corrected chi connectivity index (χ2v) is 6.06. The van der Waals surface area contributed by atoms with Gasteiger partial charge >= 0.3 is 0 Å². The summed E-state index contributed by atoms with van der Waals surface area (Å²) < 4.78 is 0. The normalized spacial score (nSPS) is 22.8. The van der Waals surface area contributed by atoms with E-state index in [-0.39, 0.29) is 17.9 Å². The van der Waals surface area contributed by atoms with Gasteiger partial charge in [-0.1, -0.05) is 44.2 Å². The minimum Gasteiger partial charge on any atom is -0.352 e. The first kappa shape index (κ1) is 15.5. The molecule has 0 bridgehead atoms. The van der Waals surface area contributed by atoms with Gasteiger partial charge in [0.25, 0.3) is 0 Å². The molecule has 0 saturated carbocycles. The number of rotatable bonds is 4. The molecule has 1 aromatic carbocycles. The number of nitrogens with zero attached hydrogens (tertiary/aromatic N) is 2. The predicted octanol–water partition coefficient (Wildman–Crippen LogP) is 2.14. The van der Waals surface area contributed by atoms with Gasteiger partial charge in [0.2, 0.25) is 5.91 Å². The van der Waals surface area contributed by atoms with E-state index in [0.29, 0.717) is 12.5 Å². The summed E-state index contributed by atoms with van der Waals surface area (Å²) in [6.07, 6.45) is 0.935. The smallest absolute Gasteiger partial charge is 0.222 e. The van der Waals surface area contributed by atoms with Crippen molar-refractivity contribution in [1.29, 1.82) is 5.26 Å². The maximum atomic E-state index is 11.9. The summed E-state index contributed by atoms with van der Waals surface area (Å²) in [5.74, 6) is 0.447. The first-order valence-corrected chi connectivity index (χ1v) is 7.54. The Bertz CT molecular complexity index is 507. The van der Waals surface area contributed by atoms with Crippen molar-refractivity contribution in [2.45, 2.75) is 32.2 Å². The summed E-state index contributed by atoms with van der Waals surface area (Å²) in [5.41, 5.74) is 1.28. The molecule has 0 radical (unpaired) electrons. The van der Waals surface area contributed by atoms with Crippen LogP contribution in [0.3, 0.4) is 0 Å². The molecule has 1 fully saturated rings. The van der Waals surface area contributed by atoms with Gasteiger partial charge in [0.15, 0.2) is 0 Å². The zero-order valence-corrected chi connectivity index (χ0v) is 12.7. The van der Waals surface area contributed by atoms with Crippen molar-refractivity contribution in [3.05, 3.63) is 35.9 Å². The molecule has 1 amide bonds. The van der Waals surface area contributed by atoms with Gasteiger partial charge in [0.05, 0.1) is 12.6 Å². The highest BCUT2D eigenvalue weighted by Crippen LogP contribution is 2.27. The van der Waals surface area contributed by atoms with Crippen LogP contribution in [0.4, 0.5) is 0 Å². The Hall–Kier alpha value is -1.86. The molecule has 112 valence electrons. The zero-order valence-electron chi connectivity index (χ0n) is 12.7. The lowest BCUT2D eigenvalue weighted by molar-refractivity contribution is -0.125. The summed E-state index contributed by atoms with van der Waals surface area (Å²) in [6, 6.07) is 12.7. The molecule has 2 rings (SSSR count). The van der Waals surface area contributed by atoms with E-state index in [4.69, 9.17) is 5.26 Å². The number of amides is 1. The number of nitriles is 1. The van der Waals surface area contributed by atoms with E-state index >= 15 is 0 Å². The van der Waals surface area contributed by atoms with Crippen LogP contribution in [0, 0.1) is 17.2 Å². The lowest BCUT2D eigenvalue weighted by Crippen LogP contribution is -2.51. The lowest BCUT2D eigenvalue weighted by Gasteiger charge is -2.37. The van der Waals surface area contributed by atoms with E-state index in [1.165, 1.54) is 5.56 Å². The van der Waals surface area contributed by atoms with Crippen LogP contribution in [-0.2, 0) is 4.79 Å². The molecule has 0 spiro atoms. The fourth-order valence-corrected chi connectivity index (χ4v) is 2.86. The van der Waals surface area contributed by atoms with Gasteiger partial charge in [-0.05, 0) is 17.9 Å². The molecular weight excluding hydrogens is 262 g/mol. The van der Waals surface area contributed by atoms with Crippen LogP contribution in [0.2, 0.25) is 0 Å². The molecule has 1 aromatic rings. The summed E-state index contributed by atoms with van der Waals surface area (Å²) >= 11 is 0. The van der Waals surface area contributed by atoms with Crippen molar-refractivity contribution in [3.63, 3.8) is 0 Å². The predicted molar refractivity (Wildman–Crippen MR) is 82.6 cm³/mol. The summed E-state index contributed by atoms with van der Waals surface area (Å²) in [7, 11) is 0. The van der Waals surface area contributed by atoms with Gasteiger partial charge in [0, 0.05) is 25.0 Å². The number of nitrogens with one attached hydrogen (secondary N) is 1. The molecule has 0 aliphatic carbocycles. The van der Waals surface area contributed by atoms with E-state index in [0.717, 1.165) is 19.5 Å². The largest absolute Gasteiger partial charge is 0.352 e. The highest BCUT2D eigenvalue weighted by molar-refractivity contribution is 5.78. The molecule has 1 N–H and O–H groups in total. The molecule has 2 atom stereocenters. The van der Waals surface area contributed by atoms with Gasteiger partial charge in [-0.15, -0.1) is 0 Å². The van der Waals surface area contributed by atoms with Crippen LogP contribution in [0.1, 0.15) is 31.7 Å². The fourth-order valence-electron chi connectivity index (χ4n) is 2.86. The highest BCUT2D eigenvalue weighted by Gasteiger charge is 2.29. The molecule has 0 aromatic heterocycles. The molecule has 1 heterocycles. The van der Waals surface area contributed by atoms with Crippen molar-refractivity contribution in [1.82, 2.24) is 10.2 Å². The molecule has 1 aliphatic heterocycles. The first-order valence-electron chi connectivity index (χ1n) is 7.54. The van der Waals surface area contributed by atoms with E-state index < -0.39 is 0 Å². The monoisotopic (exact) mass is 285 g/mol. The Labute approximate surface area is 126 Å². The van der Waals surface area contributed by atoms with Crippen LogP contribution in [-0.4, -0.2) is 36.5 Å². The molecule has 1 aliphatic rings. The quantitative estimate of drug-likeness (QED) is 0.862. The van der Waals surface area contributed by atoms with E-state index in [1.54, 1.807) is 0 Å². The van der Waals surface area contributed by atoms with Gasteiger partial charge < -0.3 is 5.32 Å². The van der Waals surface area contributed by atoms with Crippen molar-refractivity contribution in [2.24, 2.45) is 5.92 Å². The number of hydrogen-bond acceptors (Lipinski definition) is 3. The number of carbonyl (C=O) groups is 1. The Morgan fingerprint density at radius 2 is 2.10 bits per heavy atom. The number of carbonyl (C=O) groups excluding carboxylic acids is 1. The molecule has 4 heteroatoms. The van der Waals surface area contributed by atoms with Crippen molar-refractivity contribution >= 4 is 5.91 Å². The lowest BCUT2D eigenvalue weighted by atomic mass is 9.88. The van der Waals surface area contributed by atoms with Crippen molar-refractivity contribution < 1.29 is 4.79 Å². The van der Waals surface area contributed by atoms with Crippen LogP contribution in [0.5, 0.6) is 0 Å². The van der Waals surface area contributed by atoms with Crippen molar-refractivity contribution in [3.8, 4) is 6.07 Å². The topological polar surface area (TPSA) is 56.1 Å². The van der Waals surface area contributed by atoms with Crippen LogP contribution in [0.25, 0.3) is 0 Å². The minimum absolute atomic E-state index is 0.00785. The average Bonchev–Trinajstić information content (AvgIpc) is 2.48. The Balaban J connectivity index is 2.08. The van der Waals surface area contributed by atoms with Crippen molar-refractivity contribution in [2.75, 3.05) is 19.6 Å². The maximum absolute atomic E-state index is 11.9. The number of benzene rings is 1. The van der Waals surface area contributed by atoms with Gasteiger partial charge in [0.1, 0.15) is 0 Å². The third-order valence-electron chi connectivity index (χ3n) is 3.96. The standard InChI is InChI=1S/C17H23N3O/c1-13(2)17(21)19-16-10-15(11-20(12-16)9-8-18)14-6-4-3-5-7-14/h3-7,13,15-16H,9-12H2,1-2H3,(H,19,21). The third-order valence-corrected chi connectivity index (χ3v) is 3.96. The second kappa shape index (κ2) is 7.24. The average molecular weight is 285 g/mol. The van der Waals surface area contributed by atoms with Crippen LogP contribution in [0.15, 0.2) is 30.3 Å². The van der Waals surface area contributed by atoms with Gasteiger partial charge in [-0.2, -0.15) is 5.26 Å². The number of likely N-dealkylation sites (tertiary alicyclic amines) is 1. The van der Waals surface area contributed by atoms with Gasteiger partial charge in [-0.3, -0.25) is 9.69 Å². The number of piperidine rings is 1. The Morgan fingerprint density at radius 3 is 2.71 bits per heavy atom. The van der Waals surface area contributed by atoms with E-state index in [2.05, 4.69) is 28.4 Å². The second-order valence-electron chi connectivity index (χ2n) is 6.06. The summed E-state index contributed by atoms with van der Waals surface area (Å²) in [5, 5.41) is 12.1. The maximum Gasteiger partial charge on any atom is 0.222 e. The molecule has 2 unspecified atom stereocenters. The highest BCUT2D eigenvalue weighted by atomic mass is 16.1. The summed E-state index contributed by atoms with van der Waals surface area (Å²) in [6.45, 7) is 5.86. The van der Waals surface area contributed by atoms with Crippen LogP contribution >= 0.6 is 0 Å². The fraction of sp³-hybridized carbons (Fsp3) is 0.529. The molecular formula is C17H23N3O. The minimum atomic E-state index is -0.00785. The Kier molecular flexibility index (Phi) is 5.35. The van der Waals surface area contributed by atoms with Crippen LogP contribution < -0.4 is 5.32 Å². The molecule has 4 nitrogen and oxygen atoms in total. The van der Waals surface area contributed by atoms with E-state index in [9.17, 15) is 4.79 Å². The molecule has 1 saturated heterocycles.